The molecule has 0 aliphatic carbocycles. The summed E-state index contributed by atoms with van der Waals surface area (Å²) < 4.78 is 29.5. The normalized spacial score (nSPS) is 18.1. The molecule has 2 fully saturated rings. The zero-order valence-electron chi connectivity index (χ0n) is 18.6. The first kappa shape index (κ1) is 21.9. The number of nitrogens with zero attached hydrogens (tertiary/aromatic N) is 5. The van der Waals surface area contributed by atoms with Gasteiger partial charge in [0.25, 0.3) is 0 Å². The molecule has 4 heterocycles. The topological polar surface area (TPSA) is 78.8 Å². The molecule has 174 valence electrons. The van der Waals surface area contributed by atoms with Gasteiger partial charge >= 0.3 is 0 Å². The molecule has 9 heteroatoms. The summed E-state index contributed by atoms with van der Waals surface area (Å²) in [5.41, 5.74) is 0.869. The van der Waals surface area contributed by atoms with Crippen LogP contribution < -0.4 is 4.90 Å². The number of benzene rings is 1. The van der Waals surface area contributed by atoms with Crippen LogP contribution in [0.3, 0.4) is 0 Å². The minimum atomic E-state index is -3.47. The second-order valence-corrected chi connectivity index (χ2v) is 10.6. The van der Waals surface area contributed by atoms with E-state index in [1.54, 1.807) is 22.6 Å². The predicted octanol–water partition coefficient (Wildman–Crippen LogP) is 2.56. The van der Waals surface area contributed by atoms with E-state index in [1.165, 1.54) is 0 Å². The Hall–Kier alpha value is -2.91. The summed E-state index contributed by atoms with van der Waals surface area (Å²) in [7, 11) is -3.47. The number of hydrogen-bond donors (Lipinski definition) is 0. The van der Waals surface area contributed by atoms with Gasteiger partial charge in [-0.15, -0.1) is 0 Å². The molecule has 0 spiro atoms. The third-order valence-corrected chi connectivity index (χ3v) is 8.50. The lowest BCUT2D eigenvalue weighted by molar-refractivity contribution is -0.132. The van der Waals surface area contributed by atoms with Gasteiger partial charge in [0.2, 0.25) is 15.9 Å². The van der Waals surface area contributed by atoms with Crippen molar-refractivity contribution in [2.45, 2.75) is 30.7 Å². The van der Waals surface area contributed by atoms with Crippen LogP contribution in [0.1, 0.15) is 19.3 Å². The molecule has 2 aliphatic heterocycles. The van der Waals surface area contributed by atoms with E-state index in [-0.39, 0.29) is 12.5 Å². The maximum atomic E-state index is 13.0. The molecule has 33 heavy (non-hydrogen) atoms. The Morgan fingerprint density at radius 3 is 2.42 bits per heavy atom. The molecule has 2 aromatic heterocycles. The second kappa shape index (κ2) is 9.15. The van der Waals surface area contributed by atoms with Gasteiger partial charge in [0, 0.05) is 62.6 Å². The minimum Gasteiger partial charge on any atom is -0.353 e. The predicted molar refractivity (Wildman–Crippen MR) is 128 cm³/mol. The average molecular weight is 468 g/mol. The lowest BCUT2D eigenvalue weighted by Gasteiger charge is -2.35. The Bertz CT molecular complexity index is 1230. The minimum absolute atomic E-state index is 0.0678. The van der Waals surface area contributed by atoms with E-state index < -0.39 is 10.0 Å². The van der Waals surface area contributed by atoms with Crippen molar-refractivity contribution in [2.24, 2.45) is 0 Å². The van der Waals surface area contributed by atoms with Gasteiger partial charge in [0.05, 0.1) is 4.90 Å². The summed E-state index contributed by atoms with van der Waals surface area (Å²) in [6, 6.07) is 13.0. The molecule has 0 saturated carbocycles. The summed E-state index contributed by atoms with van der Waals surface area (Å²) >= 11 is 0. The number of carbonyl (C=O) groups excluding carboxylic acids is 1. The number of sulfonamides is 1. The van der Waals surface area contributed by atoms with Crippen molar-refractivity contribution in [3.05, 3.63) is 54.9 Å². The standard InChI is InChI=1S/C24H29N5O3S/c30-24(27-16-14-26(15-17-27)23-6-2-3-10-25-23)19-28-13-9-20-18-21(7-8-22(20)28)33(31,32)29-11-4-1-5-12-29/h2-3,6-10,13,18H,1,4-5,11-12,14-17,19H2. The summed E-state index contributed by atoms with van der Waals surface area (Å²) in [5, 5.41) is 0.834. The number of piperazine rings is 1. The second-order valence-electron chi connectivity index (χ2n) is 8.68. The van der Waals surface area contributed by atoms with E-state index in [1.807, 2.05) is 46.0 Å². The van der Waals surface area contributed by atoms with Gasteiger partial charge in [0.15, 0.2) is 0 Å². The maximum Gasteiger partial charge on any atom is 0.243 e. The zero-order valence-corrected chi connectivity index (χ0v) is 19.5. The SMILES string of the molecule is O=C(Cn1ccc2cc(S(=O)(=O)N3CCCCC3)ccc21)N1CCN(c2ccccn2)CC1. The van der Waals surface area contributed by atoms with Crippen molar-refractivity contribution in [2.75, 3.05) is 44.2 Å². The highest BCUT2D eigenvalue weighted by Gasteiger charge is 2.27. The number of aromatic nitrogens is 2. The Kier molecular flexibility index (Phi) is 6.07. The molecular formula is C24H29N5O3S. The fraction of sp³-hybridized carbons (Fsp3) is 0.417. The van der Waals surface area contributed by atoms with E-state index in [9.17, 15) is 13.2 Å². The van der Waals surface area contributed by atoms with Crippen LogP contribution in [-0.4, -0.2) is 72.3 Å². The van der Waals surface area contributed by atoms with Crippen LogP contribution in [0.5, 0.6) is 0 Å². The molecule has 1 aromatic carbocycles. The Morgan fingerprint density at radius 2 is 1.70 bits per heavy atom. The molecule has 0 bridgehead atoms. The number of carbonyl (C=O) groups is 1. The number of pyridine rings is 1. The molecule has 5 rings (SSSR count). The van der Waals surface area contributed by atoms with Crippen LogP contribution in [-0.2, 0) is 21.4 Å². The van der Waals surface area contributed by atoms with E-state index in [2.05, 4.69) is 9.88 Å². The average Bonchev–Trinajstić information content (AvgIpc) is 3.27. The van der Waals surface area contributed by atoms with Gasteiger partial charge in [-0.2, -0.15) is 4.31 Å². The highest BCUT2D eigenvalue weighted by molar-refractivity contribution is 7.89. The molecule has 0 unspecified atom stereocenters. The largest absolute Gasteiger partial charge is 0.353 e. The fourth-order valence-electron chi connectivity index (χ4n) is 4.70. The molecule has 2 aliphatic rings. The summed E-state index contributed by atoms with van der Waals surface area (Å²) in [4.78, 5) is 21.8. The van der Waals surface area contributed by atoms with Crippen molar-refractivity contribution in [3.8, 4) is 0 Å². The van der Waals surface area contributed by atoms with Crippen LogP contribution in [0.15, 0.2) is 59.8 Å². The smallest absolute Gasteiger partial charge is 0.243 e. The summed E-state index contributed by atoms with van der Waals surface area (Å²) in [6.45, 7) is 4.25. The molecule has 0 N–H and O–H groups in total. The molecule has 3 aromatic rings. The van der Waals surface area contributed by atoms with Crippen LogP contribution in [0.25, 0.3) is 10.9 Å². The number of amides is 1. The van der Waals surface area contributed by atoms with E-state index in [4.69, 9.17) is 0 Å². The van der Waals surface area contributed by atoms with E-state index in [0.717, 1.165) is 49.1 Å². The van der Waals surface area contributed by atoms with Crippen molar-refractivity contribution in [1.29, 1.82) is 0 Å². The highest BCUT2D eigenvalue weighted by atomic mass is 32.2. The van der Waals surface area contributed by atoms with Gasteiger partial charge in [-0.3, -0.25) is 4.79 Å². The fourth-order valence-corrected chi connectivity index (χ4v) is 6.26. The zero-order chi connectivity index (χ0) is 22.8. The monoisotopic (exact) mass is 467 g/mol. The van der Waals surface area contributed by atoms with Gasteiger partial charge in [-0.25, -0.2) is 13.4 Å². The third kappa shape index (κ3) is 4.47. The van der Waals surface area contributed by atoms with Crippen LogP contribution >= 0.6 is 0 Å². The molecular weight excluding hydrogens is 438 g/mol. The quantitative estimate of drug-likeness (QED) is 0.576. The molecule has 2 saturated heterocycles. The van der Waals surface area contributed by atoms with Crippen LogP contribution in [0.4, 0.5) is 5.82 Å². The highest BCUT2D eigenvalue weighted by Crippen LogP contribution is 2.25. The Balaban J connectivity index is 1.26. The Morgan fingerprint density at radius 1 is 0.909 bits per heavy atom. The van der Waals surface area contributed by atoms with Gasteiger partial charge in [-0.1, -0.05) is 12.5 Å². The van der Waals surface area contributed by atoms with Gasteiger partial charge < -0.3 is 14.4 Å². The molecule has 0 radical (unpaired) electrons. The van der Waals surface area contributed by atoms with Gasteiger partial charge in [0.1, 0.15) is 12.4 Å². The molecule has 1 amide bonds. The van der Waals surface area contributed by atoms with Crippen LogP contribution in [0, 0.1) is 0 Å². The third-order valence-electron chi connectivity index (χ3n) is 6.61. The number of anilines is 1. The lowest BCUT2D eigenvalue weighted by atomic mass is 10.2. The van der Waals surface area contributed by atoms with Crippen molar-refractivity contribution in [3.63, 3.8) is 0 Å². The maximum absolute atomic E-state index is 13.0. The summed E-state index contributed by atoms with van der Waals surface area (Å²) in [5.74, 6) is 1.01. The first-order valence-electron chi connectivity index (χ1n) is 11.6. The number of rotatable bonds is 5. The summed E-state index contributed by atoms with van der Waals surface area (Å²) in [6.07, 6.45) is 6.56. The lowest BCUT2D eigenvalue weighted by Crippen LogP contribution is -2.49. The first-order chi connectivity index (χ1) is 16.0. The van der Waals surface area contributed by atoms with E-state index in [0.29, 0.717) is 31.1 Å². The Labute approximate surface area is 194 Å². The number of piperidine rings is 1. The van der Waals surface area contributed by atoms with Crippen molar-refractivity contribution < 1.29 is 13.2 Å². The van der Waals surface area contributed by atoms with Crippen molar-refractivity contribution in [1.82, 2.24) is 18.8 Å². The number of hydrogen-bond acceptors (Lipinski definition) is 5. The molecule has 8 nitrogen and oxygen atoms in total. The van der Waals surface area contributed by atoms with Crippen molar-refractivity contribution >= 4 is 32.7 Å². The van der Waals surface area contributed by atoms with E-state index >= 15 is 0 Å². The number of fused-ring (bicyclic) bond motifs is 1. The van der Waals surface area contributed by atoms with Gasteiger partial charge in [-0.05, 0) is 49.2 Å². The first-order valence-corrected chi connectivity index (χ1v) is 13.0. The molecule has 0 atom stereocenters. The van der Waals surface area contributed by atoms with Crippen LogP contribution in [0.2, 0.25) is 0 Å².